The number of fused-ring (bicyclic) bond motifs is 1. The molecule has 1 heterocycles. The van der Waals surface area contributed by atoms with E-state index in [4.69, 9.17) is 4.74 Å². The number of methoxy groups -OCH3 is 1. The average molecular weight is 330 g/mol. The predicted molar refractivity (Wildman–Crippen MR) is 98.6 cm³/mol. The van der Waals surface area contributed by atoms with Gasteiger partial charge < -0.3 is 15.4 Å². The fraction of sp³-hybridized carbons (Fsp3) is 0.650. The van der Waals surface area contributed by atoms with Gasteiger partial charge in [-0.05, 0) is 30.4 Å². The van der Waals surface area contributed by atoms with E-state index in [0.717, 1.165) is 41.8 Å². The topological polar surface area (TPSA) is 50.4 Å². The number of hydrogen-bond acceptors (Lipinski definition) is 3. The van der Waals surface area contributed by atoms with E-state index in [9.17, 15) is 4.79 Å². The van der Waals surface area contributed by atoms with Crippen molar-refractivity contribution in [2.24, 2.45) is 11.8 Å². The smallest absolute Gasteiger partial charge is 0.246 e. The summed E-state index contributed by atoms with van der Waals surface area (Å²) in [7, 11) is 1.63. The molecular weight excluding hydrogens is 300 g/mol. The van der Waals surface area contributed by atoms with Crippen LogP contribution in [0.4, 0.5) is 11.4 Å². The van der Waals surface area contributed by atoms with Crippen molar-refractivity contribution in [3.63, 3.8) is 0 Å². The minimum absolute atomic E-state index is 0.0696. The standard InChI is InChI=1S/C20H30N2O2/c1-14-7-6-9-15(14)8-4-3-5-10-18-20(23)22-19-13-16(24-2)11-12-17(19)21-18/h11-15,18,21H,3-10H2,1-2H3,(H,22,23)/t14?,15-,18?/m1/s1. The Labute approximate surface area is 145 Å². The van der Waals surface area contributed by atoms with Gasteiger partial charge in [0.05, 0.1) is 18.5 Å². The summed E-state index contributed by atoms with van der Waals surface area (Å²) in [5.74, 6) is 2.70. The molecule has 0 saturated heterocycles. The van der Waals surface area contributed by atoms with Crippen molar-refractivity contribution in [3.8, 4) is 5.75 Å². The molecule has 3 atom stereocenters. The van der Waals surface area contributed by atoms with Gasteiger partial charge in [-0.15, -0.1) is 0 Å². The number of nitrogens with one attached hydrogen (secondary N) is 2. The highest BCUT2D eigenvalue weighted by Crippen LogP contribution is 2.35. The third-order valence-electron chi connectivity index (χ3n) is 5.74. The molecule has 0 radical (unpaired) electrons. The van der Waals surface area contributed by atoms with Crippen LogP contribution in [0.3, 0.4) is 0 Å². The number of anilines is 2. The number of hydrogen-bond donors (Lipinski definition) is 2. The Kier molecular flexibility index (Phi) is 5.64. The van der Waals surface area contributed by atoms with E-state index in [2.05, 4.69) is 17.6 Å². The predicted octanol–water partition coefficient (Wildman–Crippen LogP) is 4.81. The monoisotopic (exact) mass is 330 g/mol. The van der Waals surface area contributed by atoms with E-state index >= 15 is 0 Å². The molecule has 0 spiro atoms. The SMILES string of the molecule is COc1ccc2c(c1)NC(=O)C(CCCCC[C@@H]1CCCC1C)N2. The van der Waals surface area contributed by atoms with Gasteiger partial charge in [0.2, 0.25) is 5.91 Å². The van der Waals surface area contributed by atoms with Crippen LogP contribution in [0.25, 0.3) is 0 Å². The maximum atomic E-state index is 12.3. The molecule has 1 aromatic carbocycles. The number of rotatable bonds is 7. The second-order valence-corrected chi connectivity index (χ2v) is 7.40. The number of amides is 1. The molecule has 1 aliphatic heterocycles. The second-order valence-electron chi connectivity index (χ2n) is 7.40. The van der Waals surface area contributed by atoms with Gasteiger partial charge in [-0.25, -0.2) is 0 Å². The van der Waals surface area contributed by atoms with Gasteiger partial charge in [-0.3, -0.25) is 4.79 Å². The van der Waals surface area contributed by atoms with Gasteiger partial charge in [-0.2, -0.15) is 0 Å². The first-order chi connectivity index (χ1) is 11.7. The molecule has 2 unspecified atom stereocenters. The zero-order valence-corrected chi connectivity index (χ0v) is 14.9. The molecule has 24 heavy (non-hydrogen) atoms. The lowest BCUT2D eigenvalue weighted by Gasteiger charge is -2.27. The van der Waals surface area contributed by atoms with Crippen LogP contribution in [0, 0.1) is 11.8 Å². The van der Waals surface area contributed by atoms with Crippen molar-refractivity contribution in [1.29, 1.82) is 0 Å². The lowest BCUT2D eigenvalue weighted by molar-refractivity contribution is -0.117. The lowest BCUT2D eigenvalue weighted by Crippen LogP contribution is -2.38. The van der Waals surface area contributed by atoms with E-state index < -0.39 is 0 Å². The molecule has 1 fully saturated rings. The quantitative estimate of drug-likeness (QED) is 0.705. The minimum atomic E-state index is -0.115. The van der Waals surface area contributed by atoms with Crippen LogP contribution in [0.2, 0.25) is 0 Å². The van der Waals surface area contributed by atoms with Gasteiger partial charge in [0.25, 0.3) is 0 Å². The van der Waals surface area contributed by atoms with E-state index in [1.165, 1.54) is 38.5 Å². The minimum Gasteiger partial charge on any atom is -0.497 e. The van der Waals surface area contributed by atoms with Crippen LogP contribution in [-0.4, -0.2) is 19.1 Å². The summed E-state index contributed by atoms with van der Waals surface area (Å²) in [6.45, 7) is 2.40. The van der Waals surface area contributed by atoms with Crippen LogP contribution >= 0.6 is 0 Å². The fourth-order valence-electron chi connectivity index (χ4n) is 4.14. The van der Waals surface area contributed by atoms with Crippen LogP contribution in [-0.2, 0) is 4.79 Å². The Morgan fingerprint density at radius 3 is 2.71 bits per heavy atom. The second kappa shape index (κ2) is 7.91. The summed E-state index contributed by atoms with van der Waals surface area (Å²) in [6.07, 6.45) is 10.2. The molecule has 2 N–H and O–H groups in total. The van der Waals surface area contributed by atoms with Crippen LogP contribution in [0.5, 0.6) is 5.75 Å². The van der Waals surface area contributed by atoms with E-state index in [1.54, 1.807) is 7.11 Å². The molecule has 1 aliphatic carbocycles. The van der Waals surface area contributed by atoms with Crippen LogP contribution in [0.1, 0.15) is 58.3 Å². The summed E-state index contributed by atoms with van der Waals surface area (Å²) in [6, 6.07) is 5.64. The zero-order valence-electron chi connectivity index (χ0n) is 14.9. The number of carbonyl (C=O) groups is 1. The van der Waals surface area contributed by atoms with Crippen LogP contribution < -0.4 is 15.4 Å². The first-order valence-electron chi connectivity index (χ1n) is 9.43. The average Bonchev–Trinajstić information content (AvgIpc) is 2.99. The van der Waals surface area contributed by atoms with Crippen molar-refractivity contribution in [2.45, 2.75) is 64.3 Å². The highest BCUT2D eigenvalue weighted by atomic mass is 16.5. The van der Waals surface area contributed by atoms with Crippen molar-refractivity contribution < 1.29 is 9.53 Å². The molecule has 4 heteroatoms. The lowest BCUT2D eigenvalue weighted by atomic mass is 9.92. The molecule has 4 nitrogen and oxygen atoms in total. The number of unbranched alkanes of at least 4 members (excludes halogenated alkanes) is 2. The molecule has 0 aromatic heterocycles. The molecule has 132 valence electrons. The Bertz CT molecular complexity index is 573. The highest BCUT2D eigenvalue weighted by Gasteiger charge is 2.25. The van der Waals surface area contributed by atoms with E-state index in [-0.39, 0.29) is 11.9 Å². The summed E-state index contributed by atoms with van der Waals surface area (Å²) in [4.78, 5) is 12.3. The Morgan fingerprint density at radius 1 is 1.12 bits per heavy atom. The van der Waals surface area contributed by atoms with Gasteiger partial charge in [0.1, 0.15) is 11.8 Å². The Morgan fingerprint density at radius 2 is 1.96 bits per heavy atom. The molecule has 2 aliphatic rings. The van der Waals surface area contributed by atoms with Crippen molar-refractivity contribution in [1.82, 2.24) is 0 Å². The summed E-state index contributed by atoms with van der Waals surface area (Å²) in [5, 5.41) is 6.36. The number of ether oxygens (including phenoxy) is 1. The zero-order chi connectivity index (χ0) is 16.9. The Hall–Kier alpha value is -1.71. The molecule has 3 rings (SSSR count). The highest BCUT2D eigenvalue weighted by molar-refractivity contribution is 6.03. The van der Waals surface area contributed by atoms with Crippen molar-refractivity contribution in [2.75, 3.05) is 17.7 Å². The third-order valence-corrected chi connectivity index (χ3v) is 5.74. The number of carbonyl (C=O) groups excluding carboxylic acids is 1. The first-order valence-corrected chi connectivity index (χ1v) is 9.43. The maximum absolute atomic E-state index is 12.3. The fourth-order valence-corrected chi connectivity index (χ4v) is 4.14. The van der Waals surface area contributed by atoms with Gasteiger partial charge >= 0.3 is 0 Å². The summed E-state index contributed by atoms with van der Waals surface area (Å²) >= 11 is 0. The van der Waals surface area contributed by atoms with E-state index in [0.29, 0.717) is 0 Å². The van der Waals surface area contributed by atoms with Gasteiger partial charge in [0.15, 0.2) is 0 Å². The molecule has 1 saturated carbocycles. The summed E-state index contributed by atoms with van der Waals surface area (Å²) < 4.78 is 5.20. The maximum Gasteiger partial charge on any atom is 0.246 e. The number of benzene rings is 1. The van der Waals surface area contributed by atoms with Gasteiger partial charge in [0, 0.05) is 6.07 Å². The first kappa shape index (κ1) is 17.1. The van der Waals surface area contributed by atoms with Crippen molar-refractivity contribution in [3.05, 3.63) is 18.2 Å². The van der Waals surface area contributed by atoms with Crippen molar-refractivity contribution >= 4 is 17.3 Å². The largest absolute Gasteiger partial charge is 0.497 e. The van der Waals surface area contributed by atoms with Gasteiger partial charge in [-0.1, -0.05) is 51.9 Å². The molecule has 1 aromatic rings. The third kappa shape index (κ3) is 4.03. The van der Waals surface area contributed by atoms with E-state index in [1.807, 2.05) is 18.2 Å². The molecule has 0 bridgehead atoms. The molecule has 1 amide bonds. The Balaban J connectivity index is 1.42. The molecular formula is C20H30N2O2. The normalized spacial score (nSPS) is 25.8. The summed E-state index contributed by atoms with van der Waals surface area (Å²) in [5.41, 5.74) is 1.80. The van der Waals surface area contributed by atoms with Crippen LogP contribution in [0.15, 0.2) is 18.2 Å².